The Morgan fingerprint density at radius 2 is 2.07 bits per heavy atom. The second kappa shape index (κ2) is 3.23. The summed E-state index contributed by atoms with van der Waals surface area (Å²) in [5.74, 6) is -0.544. The van der Waals surface area contributed by atoms with Crippen molar-refractivity contribution < 1.29 is 14.4 Å². The molecule has 3 nitrogen and oxygen atoms in total. The zero-order valence-electron chi connectivity index (χ0n) is 7.07. The molecule has 2 rings (SSSR count). The van der Waals surface area contributed by atoms with E-state index in [1.165, 1.54) is 17.4 Å². The molecule has 0 atom stereocenters. The van der Waals surface area contributed by atoms with Gasteiger partial charge in [-0.3, -0.25) is 0 Å². The first kappa shape index (κ1) is 9.45. The largest absolute Gasteiger partial charge is 0.490 e. The second-order valence-corrected chi connectivity index (χ2v) is 3.81. The van der Waals surface area contributed by atoms with E-state index in [4.69, 9.17) is 15.8 Å². The van der Waals surface area contributed by atoms with Crippen LogP contribution >= 0.6 is 11.3 Å². The topological polar surface area (TPSA) is 66.5 Å². The molecule has 2 aromatic rings. The molecule has 0 saturated carbocycles. The fourth-order valence-electron chi connectivity index (χ4n) is 1.35. The maximum Gasteiger partial charge on any atom is 0.490 e. The molecule has 14 heavy (non-hydrogen) atoms. The van der Waals surface area contributed by atoms with Crippen LogP contribution in [0.4, 0.5) is 10.1 Å². The van der Waals surface area contributed by atoms with Crippen LogP contribution in [-0.4, -0.2) is 17.2 Å². The van der Waals surface area contributed by atoms with E-state index in [-0.39, 0.29) is 11.2 Å². The molecular formula is C8H7BFNO2S. The zero-order chi connectivity index (χ0) is 10.3. The normalized spacial score (nSPS) is 10.8. The fourth-order valence-corrected chi connectivity index (χ4v) is 2.33. The highest BCUT2D eigenvalue weighted by molar-refractivity contribution is 7.18. The van der Waals surface area contributed by atoms with Gasteiger partial charge in [0.2, 0.25) is 0 Å². The Hall–Kier alpha value is -1.11. The Labute approximate surface area is 83.7 Å². The van der Waals surface area contributed by atoms with E-state index in [9.17, 15) is 4.39 Å². The van der Waals surface area contributed by atoms with Gasteiger partial charge in [0.25, 0.3) is 0 Å². The Morgan fingerprint density at radius 1 is 1.36 bits per heavy atom. The van der Waals surface area contributed by atoms with Crippen LogP contribution in [0.25, 0.3) is 10.1 Å². The van der Waals surface area contributed by atoms with Gasteiger partial charge in [-0.05, 0) is 17.5 Å². The van der Waals surface area contributed by atoms with Crippen LogP contribution in [0, 0.1) is 5.82 Å². The van der Waals surface area contributed by atoms with Gasteiger partial charge in [0.1, 0.15) is 5.82 Å². The van der Waals surface area contributed by atoms with Crippen molar-refractivity contribution in [1.29, 1.82) is 0 Å². The summed E-state index contributed by atoms with van der Waals surface area (Å²) in [6, 6.07) is 2.83. The predicted octanol–water partition coefficient (Wildman–Crippen LogP) is 0.302. The smallest absolute Gasteiger partial charge is 0.423 e. The second-order valence-electron chi connectivity index (χ2n) is 2.90. The summed E-state index contributed by atoms with van der Waals surface area (Å²) in [6.45, 7) is 0. The molecule has 1 aromatic heterocycles. The summed E-state index contributed by atoms with van der Waals surface area (Å²) in [7, 11) is -1.62. The maximum absolute atomic E-state index is 13.1. The summed E-state index contributed by atoms with van der Waals surface area (Å²) >= 11 is 1.30. The number of thiophene rings is 1. The van der Waals surface area contributed by atoms with Crippen LogP contribution in [0.2, 0.25) is 0 Å². The Bertz CT molecular complexity index is 485. The Balaban J connectivity index is 2.82. The van der Waals surface area contributed by atoms with Crippen LogP contribution in [-0.2, 0) is 0 Å². The highest BCUT2D eigenvalue weighted by Gasteiger charge is 2.19. The van der Waals surface area contributed by atoms with Crippen molar-refractivity contribution in [3.63, 3.8) is 0 Å². The molecule has 6 heteroatoms. The van der Waals surface area contributed by atoms with E-state index in [1.54, 1.807) is 11.4 Å². The van der Waals surface area contributed by atoms with Gasteiger partial charge in [0.05, 0.1) is 5.69 Å². The van der Waals surface area contributed by atoms with Crippen LogP contribution < -0.4 is 11.2 Å². The van der Waals surface area contributed by atoms with Crippen molar-refractivity contribution in [3.8, 4) is 0 Å². The lowest BCUT2D eigenvalue weighted by molar-refractivity contribution is 0.426. The third kappa shape index (κ3) is 1.28. The van der Waals surface area contributed by atoms with Crippen molar-refractivity contribution >= 4 is 39.7 Å². The molecule has 4 N–H and O–H groups in total. The maximum atomic E-state index is 13.1. The van der Waals surface area contributed by atoms with Crippen molar-refractivity contribution in [2.75, 3.05) is 5.73 Å². The number of hydrogen-bond acceptors (Lipinski definition) is 4. The molecule has 0 spiro atoms. The van der Waals surface area contributed by atoms with Gasteiger partial charge in [-0.1, -0.05) is 0 Å². The number of hydrogen-bond donors (Lipinski definition) is 3. The van der Waals surface area contributed by atoms with E-state index >= 15 is 0 Å². The SMILES string of the molecule is Nc1c(F)ccc2scc(B(O)O)c12. The first-order chi connectivity index (χ1) is 6.61. The molecule has 1 aromatic carbocycles. The first-order valence-corrected chi connectivity index (χ1v) is 4.80. The minimum absolute atomic E-state index is 0.0353. The van der Waals surface area contributed by atoms with E-state index in [2.05, 4.69) is 0 Å². The van der Waals surface area contributed by atoms with Crippen LogP contribution in [0.3, 0.4) is 0 Å². The number of benzene rings is 1. The average Bonchev–Trinajstić information content (AvgIpc) is 2.55. The quantitative estimate of drug-likeness (QED) is 0.469. The van der Waals surface area contributed by atoms with E-state index in [1.807, 2.05) is 0 Å². The lowest BCUT2D eigenvalue weighted by Crippen LogP contribution is -2.29. The summed E-state index contributed by atoms with van der Waals surface area (Å²) in [5.41, 5.74) is 5.73. The van der Waals surface area contributed by atoms with Gasteiger partial charge in [0, 0.05) is 15.5 Å². The van der Waals surface area contributed by atoms with E-state index < -0.39 is 12.9 Å². The lowest BCUT2D eigenvalue weighted by atomic mass is 9.80. The van der Waals surface area contributed by atoms with Crippen molar-refractivity contribution in [2.24, 2.45) is 0 Å². The fraction of sp³-hybridized carbons (Fsp3) is 0. The number of rotatable bonds is 1. The molecule has 1 heterocycles. The van der Waals surface area contributed by atoms with Crippen molar-refractivity contribution in [2.45, 2.75) is 0 Å². The van der Waals surface area contributed by atoms with Crippen molar-refractivity contribution in [3.05, 3.63) is 23.3 Å². The molecule has 0 saturated heterocycles. The molecular weight excluding hydrogens is 204 g/mol. The molecule has 0 unspecified atom stereocenters. The molecule has 0 amide bonds. The summed E-state index contributed by atoms with van der Waals surface area (Å²) in [4.78, 5) is 0. The van der Waals surface area contributed by atoms with Crippen molar-refractivity contribution in [1.82, 2.24) is 0 Å². The minimum atomic E-state index is -1.62. The molecule has 72 valence electrons. The highest BCUT2D eigenvalue weighted by atomic mass is 32.1. The number of fused-ring (bicyclic) bond motifs is 1. The molecule has 0 radical (unpaired) electrons. The first-order valence-electron chi connectivity index (χ1n) is 3.92. The summed E-state index contributed by atoms with van der Waals surface area (Å²) in [5, 5.41) is 20.0. The third-order valence-electron chi connectivity index (χ3n) is 2.03. The summed E-state index contributed by atoms with van der Waals surface area (Å²) in [6.07, 6.45) is 0. The number of halogens is 1. The van der Waals surface area contributed by atoms with Crippen LogP contribution in [0.1, 0.15) is 0 Å². The Kier molecular flexibility index (Phi) is 2.18. The van der Waals surface area contributed by atoms with Gasteiger partial charge in [0.15, 0.2) is 0 Å². The molecule has 0 aliphatic rings. The van der Waals surface area contributed by atoms with Crippen LogP contribution in [0.5, 0.6) is 0 Å². The monoisotopic (exact) mass is 211 g/mol. The molecule has 0 aliphatic heterocycles. The highest BCUT2D eigenvalue weighted by Crippen LogP contribution is 2.26. The predicted molar refractivity (Wildman–Crippen MR) is 56.0 cm³/mol. The van der Waals surface area contributed by atoms with E-state index in [0.29, 0.717) is 5.39 Å². The number of nitrogen functional groups attached to an aromatic ring is 1. The number of nitrogens with two attached hydrogens (primary N) is 1. The number of anilines is 1. The third-order valence-corrected chi connectivity index (χ3v) is 3.00. The molecule has 0 bridgehead atoms. The molecule has 0 aliphatic carbocycles. The Morgan fingerprint density at radius 3 is 2.71 bits per heavy atom. The van der Waals surface area contributed by atoms with Gasteiger partial charge >= 0.3 is 7.12 Å². The minimum Gasteiger partial charge on any atom is -0.423 e. The van der Waals surface area contributed by atoms with Gasteiger partial charge in [-0.15, -0.1) is 11.3 Å². The summed E-state index contributed by atoms with van der Waals surface area (Å²) < 4.78 is 13.8. The zero-order valence-corrected chi connectivity index (χ0v) is 7.88. The van der Waals surface area contributed by atoms with Crippen LogP contribution in [0.15, 0.2) is 17.5 Å². The standard InChI is InChI=1S/C8H7BFNO2S/c10-5-1-2-6-7(8(5)11)4(3-14-6)9(12)13/h1-3,12-13H,11H2. The molecule has 0 fully saturated rings. The van der Waals surface area contributed by atoms with Gasteiger partial charge < -0.3 is 15.8 Å². The van der Waals surface area contributed by atoms with Gasteiger partial charge in [-0.2, -0.15) is 0 Å². The van der Waals surface area contributed by atoms with Gasteiger partial charge in [-0.25, -0.2) is 4.39 Å². The van der Waals surface area contributed by atoms with E-state index in [0.717, 1.165) is 4.70 Å². The lowest BCUT2D eigenvalue weighted by Gasteiger charge is -2.01. The average molecular weight is 211 g/mol.